The summed E-state index contributed by atoms with van der Waals surface area (Å²) in [5.41, 5.74) is 1.52. The molecule has 9 heteroatoms. The smallest absolute Gasteiger partial charge is 0.311 e. The van der Waals surface area contributed by atoms with Gasteiger partial charge in [0.1, 0.15) is 0 Å². The average molecular weight is 423 g/mol. The van der Waals surface area contributed by atoms with Crippen molar-refractivity contribution in [2.75, 3.05) is 13.9 Å². The number of nitrogens with zero attached hydrogens (tertiary/aromatic N) is 2. The van der Waals surface area contributed by atoms with Crippen LogP contribution in [0.3, 0.4) is 0 Å². The highest BCUT2D eigenvalue weighted by atomic mass is 35.5. The van der Waals surface area contributed by atoms with Crippen LogP contribution >= 0.6 is 23.4 Å². The van der Waals surface area contributed by atoms with Crippen LogP contribution in [0.4, 0.5) is 10.5 Å². The minimum Gasteiger partial charge on any atom is -0.460 e. The van der Waals surface area contributed by atoms with Crippen molar-refractivity contribution in [3.05, 3.63) is 68.7 Å². The Balaban J connectivity index is 1.79. The zero-order valence-electron chi connectivity index (χ0n) is 15.3. The number of nitro groups is 1. The normalized spacial score (nSPS) is 19.1. The molecule has 1 saturated heterocycles. The molecule has 0 aliphatic carbocycles. The van der Waals surface area contributed by atoms with Gasteiger partial charge in [-0.25, -0.2) is 0 Å². The second kappa shape index (κ2) is 8.81. The largest absolute Gasteiger partial charge is 0.460 e. The Morgan fingerprint density at radius 1 is 1.25 bits per heavy atom. The first kappa shape index (κ1) is 20.4. The van der Waals surface area contributed by atoms with Crippen molar-refractivity contribution in [1.82, 2.24) is 4.90 Å². The highest BCUT2D eigenvalue weighted by molar-refractivity contribution is 8.14. The Bertz CT molecular complexity index is 877. The number of thioether (sulfide) groups is 1. The molecule has 148 valence electrons. The molecule has 0 radical (unpaired) electrons. The number of methoxy groups -OCH3 is 1. The van der Waals surface area contributed by atoms with Crippen molar-refractivity contribution in [2.24, 2.45) is 0 Å². The molecule has 1 heterocycles. The van der Waals surface area contributed by atoms with Crippen molar-refractivity contribution >= 4 is 34.3 Å². The Morgan fingerprint density at radius 3 is 2.61 bits per heavy atom. The van der Waals surface area contributed by atoms with Crippen LogP contribution in [-0.2, 0) is 11.3 Å². The average Bonchev–Trinajstić information content (AvgIpc) is 2.95. The van der Waals surface area contributed by atoms with Gasteiger partial charge in [-0.1, -0.05) is 41.6 Å². The summed E-state index contributed by atoms with van der Waals surface area (Å²) in [5.74, 6) is 0.129. The fourth-order valence-corrected chi connectivity index (χ4v) is 4.40. The van der Waals surface area contributed by atoms with E-state index in [1.165, 1.54) is 31.0 Å². The summed E-state index contributed by atoms with van der Waals surface area (Å²) in [7, 11) is 1.44. The summed E-state index contributed by atoms with van der Waals surface area (Å²) in [5, 5.41) is 11.9. The second-order valence-electron chi connectivity index (χ2n) is 6.33. The van der Waals surface area contributed by atoms with Gasteiger partial charge in [-0.15, -0.1) is 0 Å². The number of amides is 1. The molecular formula is C19H19ClN2O5S. The van der Waals surface area contributed by atoms with Gasteiger partial charge in [-0.3, -0.25) is 14.9 Å². The first-order valence-corrected chi connectivity index (χ1v) is 9.78. The van der Waals surface area contributed by atoms with Crippen molar-refractivity contribution in [3.8, 4) is 5.75 Å². The van der Waals surface area contributed by atoms with Crippen molar-refractivity contribution in [3.63, 3.8) is 0 Å². The van der Waals surface area contributed by atoms with Gasteiger partial charge >= 0.3 is 5.69 Å². The SMILES string of the molecule is COCOc1ccc(CN2C(=O)SC(c3ccc(Cl)cc3)C2C)cc1[N+](=O)[O-]. The van der Waals surface area contributed by atoms with Crippen molar-refractivity contribution in [2.45, 2.75) is 24.8 Å². The highest BCUT2D eigenvalue weighted by Crippen LogP contribution is 2.44. The van der Waals surface area contributed by atoms with Gasteiger partial charge in [0.2, 0.25) is 0 Å². The van der Waals surface area contributed by atoms with Crippen LogP contribution in [0, 0.1) is 10.1 Å². The molecule has 28 heavy (non-hydrogen) atoms. The number of hydrogen-bond donors (Lipinski definition) is 0. The summed E-state index contributed by atoms with van der Waals surface area (Å²) < 4.78 is 10.0. The zero-order valence-corrected chi connectivity index (χ0v) is 16.9. The predicted octanol–water partition coefficient (Wildman–Crippen LogP) is 5.03. The van der Waals surface area contributed by atoms with E-state index in [9.17, 15) is 14.9 Å². The van der Waals surface area contributed by atoms with Gasteiger partial charge in [0.15, 0.2) is 12.5 Å². The molecule has 1 aliphatic heterocycles. The number of ether oxygens (including phenoxy) is 2. The van der Waals surface area contributed by atoms with Gasteiger partial charge in [0, 0.05) is 30.8 Å². The minimum atomic E-state index is -0.505. The third-order valence-electron chi connectivity index (χ3n) is 4.50. The standard InChI is InChI=1S/C19H19ClN2O5S/c1-12-18(14-4-6-15(20)7-5-14)28-19(23)21(12)10-13-3-8-17(27-11-26-2)16(9-13)22(24)25/h3-9,12,18H,10-11H2,1-2H3. The number of benzene rings is 2. The Hall–Kier alpha value is -2.29. The molecule has 1 amide bonds. The molecule has 0 bridgehead atoms. The van der Waals surface area contributed by atoms with Crippen LogP contribution in [0.5, 0.6) is 5.75 Å². The summed E-state index contributed by atoms with van der Waals surface area (Å²) in [6.07, 6.45) is 0. The molecule has 1 fully saturated rings. The topological polar surface area (TPSA) is 81.9 Å². The lowest BCUT2D eigenvalue weighted by molar-refractivity contribution is -0.386. The van der Waals surface area contributed by atoms with Crippen LogP contribution < -0.4 is 4.74 Å². The molecule has 2 aromatic rings. The van der Waals surface area contributed by atoms with Crippen LogP contribution in [0.25, 0.3) is 0 Å². The molecule has 0 N–H and O–H groups in total. The third-order valence-corrected chi connectivity index (χ3v) is 6.10. The van der Waals surface area contributed by atoms with Crippen LogP contribution in [0.1, 0.15) is 23.3 Å². The van der Waals surface area contributed by atoms with E-state index in [1.807, 2.05) is 19.1 Å². The molecule has 2 unspecified atom stereocenters. The lowest BCUT2D eigenvalue weighted by atomic mass is 10.0. The van der Waals surface area contributed by atoms with Crippen LogP contribution in [0.15, 0.2) is 42.5 Å². The maximum absolute atomic E-state index is 12.6. The molecule has 2 aromatic carbocycles. The number of carbonyl (C=O) groups is 1. The molecule has 0 saturated carbocycles. The Labute approximate surface area is 171 Å². The predicted molar refractivity (Wildman–Crippen MR) is 108 cm³/mol. The second-order valence-corrected chi connectivity index (χ2v) is 7.86. The van der Waals surface area contributed by atoms with Gasteiger partial charge < -0.3 is 14.4 Å². The molecule has 2 atom stereocenters. The van der Waals surface area contributed by atoms with Gasteiger partial charge in [-0.05, 0) is 36.2 Å². The molecule has 1 aliphatic rings. The number of nitro benzene ring substituents is 1. The van der Waals surface area contributed by atoms with E-state index in [-0.39, 0.29) is 41.3 Å². The number of halogens is 1. The fraction of sp³-hybridized carbons (Fsp3) is 0.316. The maximum Gasteiger partial charge on any atom is 0.311 e. The molecule has 0 aromatic heterocycles. The number of carbonyl (C=O) groups excluding carboxylic acids is 1. The molecule has 7 nitrogen and oxygen atoms in total. The molecular weight excluding hydrogens is 404 g/mol. The van der Waals surface area contributed by atoms with Crippen molar-refractivity contribution < 1.29 is 19.2 Å². The van der Waals surface area contributed by atoms with Gasteiger partial charge in [0.25, 0.3) is 5.24 Å². The third kappa shape index (κ3) is 4.40. The van der Waals surface area contributed by atoms with E-state index in [0.29, 0.717) is 10.6 Å². The number of rotatable bonds is 7. The first-order valence-electron chi connectivity index (χ1n) is 8.52. The summed E-state index contributed by atoms with van der Waals surface area (Å²) >= 11 is 7.20. The van der Waals surface area contributed by atoms with E-state index in [4.69, 9.17) is 21.1 Å². The quantitative estimate of drug-likeness (QED) is 0.353. The monoisotopic (exact) mass is 422 g/mol. The summed E-state index contributed by atoms with van der Waals surface area (Å²) in [6, 6.07) is 12.1. The first-order chi connectivity index (χ1) is 13.4. The Morgan fingerprint density at radius 2 is 1.96 bits per heavy atom. The van der Waals surface area contributed by atoms with Crippen LogP contribution in [0.2, 0.25) is 5.02 Å². The van der Waals surface area contributed by atoms with E-state index >= 15 is 0 Å². The molecule has 0 spiro atoms. The lowest BCUT2D eigenvalue weighted by Gasteiger charge is -2.24. The van der Waals surface area contributed by atoms with Crippen LogP contribution in [-0.4, -0.2) is 35.0 Å². The van der Waals surface area contributed by atoms with E-state index in [1.54, 1.807) is 23.1 Å². The van der Waals surface area contributed by atoms with Gasteiger partial charge in [0.05, 0.1) is 10.2 Å². The maximum atomic E-state index is 12.6. The minimum absolute atomic E-state index is 0.0240. The lowest BCUT2D eigenvalue weighted by Crippen LogP contribution is -2.31. The van der Waals surface area contributed by atoms with E-state index in [0.717, 1.165) is 5.56 Å². The van der Waals surface area contributed by atoms with Gasteiger partial charge in [-0.2, -0.15) is 0 Å². The number of hydrogen-bond acceptors (Lipinski definition) is 6. The molecule has 3 rings (SSSR count). The highest BCUT2D eigenvalue weighted by Gasteiger charge is 2.38. The van der Waals surface area contributed by atoms with Crippen molar-refractivity contribution in [1.29, 1.82) is 0 Å². The Kier molecular flexibility index (Phi) is 6.43. The fourth-order valence-electron chi connectivity index (χ4n) is 3.06. The van der Waals surface area contributed by atoms with E-state index in [2.05, 4.69) is 0 Å². The summed E-state index contributed by atoms with van der Waals surface area (Å²) in [6.45, 7) is 2.17. The summed E-state index contributed by atoms with van der Waals surface area (Å²) in [4.78, 5) is 25.1. The van der Waals surface area contributed by atoms with E-state index < -0.39 is 4.92 Å². The zero-order chi connectivity index (χ0) is 20.3.